The third-order valence-corrected chi connectivity index (χ3v) is 2.52. The quantitative estimate of drug-likeness (QED) is 0.551. The van der Waals surface area contributed by atoms with E-state index in [1.54, 1.807) is 12.2 Å². The van der Waals surface area contributed by atoms with E-state index < -0.39 is 0 Å². The van der Waals surface area contributed by atoms with Crippen LogP contribution in [0, 0.1) is 0 Å². The fourth-order valence-corrected chi connectivity index (χ4v) is 1.54. The maximum atomic E-state index is 8.76. The highest BCUT2D eigenvalue weighted by atomic mass is 32.8. The van der Waals surface area contributed by atoms with Gasteiger partial charge >= 0.3 is 0 Å². The second kappa shape index (κ2) is 2.42. The van der Waals surface area contributed by atoms with Crippen LogP contribution in [0.4, 0.5) is 0 Å². The molecule has 0 amide bonds. The molecule has 0 aromatic rings. The van der Waals surface area contributed by atoms with Crippen molar-refractivity contribution in [3.63, 3.8) is 0 Å². The molecule has 1 rings (SSSR count). The van der Waals surface area contributed by atoms with Crippen LogP contribution in [0.15, 0.2) is 23.3 Å². The van der Waals surface area contributed by atoms with Gasteiger partial charge in [-0.25, -0.2) is 0 Å². The SMILES string of the molecule is OC1=CCS(=S)C=C1. The van der Waals surface area contributed by atoms with E-state index in [0.29, 0.717) is 5.76 Å². The van der Waals surface area contributed by atoms with Crippen LogP contribution < -0.4 is 0 Å². The Morgan fingerprint density at radius 3 is 2.88 bits per heavy atom. The van der Waals surface area contributed by atoms with E-state index in [2.05, 4.69) is 0 Å². The molecule has 0 spiro atoms. The Bertz CT molecular complexity index is 167. The summed E-state index contributed by atoms with van der Waals surface area (Å²) in [5, 5.41) is 10.6. The summed E-state index contributed by atoms with van der Waals surface area (Å²) in [6.45, 7) is 0. The number of hydrogen-bond donors (Lipinski definition) is 1. The Labute approximate surface area is 55.3 Å². The van der Waals surface area contributed by atoms with Crippen molar-refractivity contribution < 1.29 is 5.11 Å². The Morgan fingerprint density at radius 2 is 2.50 bits per heavy atom. The first-order chi connectivity index (χ1) is 3.79. The molecule has 8 heavy (non-hydrogen) atoms. The maximum absolute atomic E-state index is 8.76. The van der Waals surface area contributed by atoms with E-state index in [1.165, 1.54) is 0 Å². The molecule has 0 saturated carbocycles. The van der Waals surface area contributed by atoms with Gasteiger partial charge in [0.15, 0.2) is 0 Å². The first-order valence-electron chi connectivity index (χ1n) is 2.23. The number of hydrogen-bond acceptors (Lipinski definition) is 2. The molecule has 0 aromatic heterocycles. The first-order valence-corrected chi connectivity index (χ1v) is 4.62. The van der Waals surface area contributed by atoms with Gasteiger partial charge < -0.3 is 5.11 Å². The molecule has 1 unspecified atom stereocenters. The lowest BCUT2D eigenvalue weighted by molar-refractivity contribution is 0.431. The average molecular weight is 146 g/mol. The Hall–Kier alpha value is -0.150. The van der Waals surface area contributed by atoms with Gasteiger partial charge in [-0.3, -0.25) is 0 Å². The molecule has 0 bridgehead atoms. The number of allylic oxidation sites excluding steroid dienone is 1. The minimum absolute atomic E-state index is 0.0445. The predicted octanol–water partition coefficient (Wildman–Crippen LogP) is 1.04. The second-order valence-corrected chi connectivity index (χ2v) is 4.13. The van der Waals surface area contributed by atoms with Crippen LogP contribution in [-0.2, 0) is 20.6 Å². The summed E-state index contributed by atoms with van der Waals surface area (Å²) in [5.41, 5.74) is 0. The molecule has 1 aliphatic heterocycles. The molecule has 0 saturated heterocycles. The van der Waals surface area contributed by atoms with Gasteiger partial charge in [0.05, 0.1) is 0 Å². The molecule has 1 atom stereocenters. The monoisotopic (exact) mass is 146 g/mol. The van der Waals surface area contributed by atoms with Gasteiger partial charge in [0.25, 0.3) is 0 Å². The highest BCUT2D eigenvalue weighted by Gasteiger charge is 1.94. The van der Waals surface area contributed by atoms with Crippen molar-refractivity contribution in [2.24, 2.45) is 0 Å². The van der Waals surface area contributed by atoms with Crippen LogP contribution in [0.1, 0.15) is 0 Å². The Morgan fingerprint density at radius 1 is 1.75 bits per heavy atom. The molecule has 1 nitrogen and oxygen atoms in total. The minimum atomic E-state index is -0.0445. The largest absolute Gasteiger partial charge is 0.508 e. The van der Waals surface area contributed by atoms with Gasteiger partial charge in [-0.1, -0.05) is 9.45 Å². The summed E-state index contributed by atoms with van der Waals surface area (Å²) in [6.07, 6.45) is 3.40. The topological polar surface area (TPSA) is 20.2 Å². The summed E-state index contributed by atoms with van der Waals surface area (Å²) in [4.78, 5) is 0. The van der Waals surface area contributed by atoms with Crippen molar-refractivity contribution in [1.82, 2.24) is 0 Å². The summed E-state index contributed by atoms with van der Waals surface area (Å²) in [6, 6.07) is 0. The molecule has 3 heteroatoms. The zero-order chi connectivity index (χ0) is 5.98. The van der Waals surface area contributed by atoms with E-state index in [4.69, 9.17) is 16.3 Å². The van der Waals surface area contributed by atoms with Crippen LogP contribution in [-0.4, -0.2) is 10.9 Å². The molecular weight excluding hydrogens is 140 g/mol. The van der Waals surface area contributed by atoms with Crippen LogP contribution in [0.2, 0.25) is 0 Å². The highest BCUT2D eigenvalue weighted by molar-refractivity contribution is 8.30. The third kappa shape index (κ3) is 1.42. The maximum Gasteiger partial charge on any atom is 0.112 e. The van der Waals surface area contributed by atoms with Crippen LogP contribution in [0.5, 0.6) is 0 Å². The molecule has 44 valence electrons. The molecule has 1 N–H and O–H groups in total. The fourth-order valence-electron chi connectivity index (χ4n) is 0.437. The number of aliphatic hydroxyl groups excluding tert-OH is 1. The average Bonchev–Trinajstić information content (AvgIpc) is 1.77. The van der Waals surface area contributed by atoms with Crippen molar-refractivity contribution in [2.75, 3.05) is 5.75 Å². The van der Waals surface area contributed by atoms with Gasteiger partial charge in [-0.15, -0.1) is 0 Å². The van der Waals surface area contributed by atoms with Gasteiger partial charge in [0.1, 0.15) is 5.76 Å². The third-order valence-electron chi connectivity index (χ3n) is 0.847. The molecule has 0 aliphatic carbocycles. The molecule has 0 aromatic carbocycles. The molecule has 0 fully saturated rings. The van der Waals surface area contributed by atoms with Gasteiger partial charge in [-0.05, 0) is 28.7 Å². The Balaban J connectivity index is 2.71. The standard InChI is InChI=1S/C5H6OS2/c6-5-1-3-8(7)4-2-5/h1-3,6H,4H2. The Kier molecular flexibility index (Phi) is 1.81. The second-order valence-electron chi connectivity index (χ2n) is 1.48. The van der Waals surface area contributed by atoms with Crippen LogP contribution in [0.3, 0.4) is 0 Å². The number of rotatable bonds is 0. The molecule has 1 heterocycles. The van der Waals surface area contributed by atoms with Crippen molar-refractivity contribution in [3.8, 4) is 0 Å². The van der Waals surface area contributed by atoms with Crippen molar-refractivity contribution in [2.45, 2.75) is 0 Å². The van der Waals surface area contributed by atoms with Crippen LogP contribution >= 0.6 is 0 Å². The zero-order valence-corrected chi connectivity index (χ0v) is 5.84. The lowest BCUT2D eigenvalue weighted by Gasteiger charge is -1.99. The van der Waals surface area contributed by atoms with E-state index in [-0.39, 0.29) is 9.45 Å². The summed E-state index contributed by atoms with van der Waals surface area (Å²) < 4.78 is 0. The van der Waals surface area contributed by atoms with Gasteiger partial charge in [0, 0.05) is 5.75 Å². The van der Waals surface area contributed by atoms with E-state index >= 15 is 0 Å². The predicted molar refractivity (Wildman–Crippen MR) is 39.4 cm³/mol. The zero-order valence-electron chi connectivity index (χ0n) is 4.20. The lowest BCUT2D eigenvalue weighted by Crippen LogP contribution is -1.93. The number of aliphatic hydroxyl groups is 1. The lowest BCUT2D eigenvalue weighted by atomic mass is 10.4. The van der Waals surface area contributed by atoms with Crippen LogP contribution in [0.25, 0.3) is 0 Å². The van der Waals surface area contributed by atoms with Gasteiger partial charge in [-0.2, -0.15) is 0 Å². The normalized spacial score (nSPS) is 27.5. The molecule has 1 aliphatic rings. The summed E-state index contributed by atoms with van der Waals surface area (Å²) in [5.74, 6) is 1.16. The minimum Gasteiger partial charge on any atom is -0.508 e. The van der Waals surface area contributed by atoms with E-state index in [9.17, 15) is 0 Å². The van der Waals surface area contributed by atoms with Gasteiger partial charge in [0.2, 0.25) is 0 Å². The summed E-state index contributed by atoms with van der Waals surface area (Å²) in [7, 11) is -0.0445. The van der Waals surface area contributed by atoms with Crippen molar-refractivity contribution in [3.05, 3.63) is 23.3 Å². The molecular formula is C5H6OS2. The van der Waals surface area contributed by atoms with Crippen molar-refractivity contribution in [1.29, 1.82) is 0 Å². The van der Waals surface area contributed by atoms with E-state index in [1.807, 2.05) is 5.41 Å². The smallest absolute Gasteiger partial charge is 0.112 e. The van der Waals surface area contributed by atoms with Crippen molar-refractivity contribution >= 4 is 20.6 Å². The fraction of sp³-hybridized carbons (Fsp3) is 0.200. The highest BCUT2D eigenvalue weighted by Crippen LogP contribution is 2.01. The first kappa shape index (κ1) is 5.98. The molecule has 0 radical (unpaired) electrons. The van der Waals surface area contributed by atoms with E-state index in [0.717, 1.165) is 5.75 Å². The summed E-state index contributed by atoms with van der Waals surface area (Å²) >= 11 is 4.93.